The van der Waals surface area contributed by atoms with Crippen LogP contribution < -0.4 is 5.73 Å². The zero-order valence-corrected chi connectivity index (χ0v) is 12.1. The van der Waals surface area contributed by atoms with Crippen molar-refractivity contribution in [3.05, 3.63) is 22.7 Å². The second-order valence-corrected chi connectivity index (χ2v) is 5.48. The van der Waals surface area contributed by atoms with Gasteiger partial charge in [0.2, 0.25) is 0 Å². The van der Waals surface area contributed by atoms with Gasteiger partial charge in [-0.1, -0.05) is 29.3 Å². The number of thioether (sulfide) groups is 1. The molecule has 5 heteroatoms. The Morgan fingerprint density at radius 2 is 2.29 bits per heavy atom. The van der Waals surface area contributed by atoms with Crippen LogP contribution in [0.4, 0.5) is 5.69 Å². The highest BCUT2D eigenvalue weighted by molar-refractivity contribution is 9.10. The van der Waals surface area contributed by atoms with Crippen LogP contribution in [0.5, 0.6) is 0 Å². The molecule has 0 fully saturated rings. The Morgan fingerprint density at radius 3 is 3.00 bits per heavy atom. The van der Waals surface area contributed by atoms with E-state index in [1.807, 2.05) is 18.2 Å². The highest BCUT2D eigenvalue weighted by atomic mass is 79.9. The van der Waals surface area contributed by atoms with Crippen LogP contribution in [0.15, 0.2) is 27.6 Å². The van der Waals surface area contributed by atoms with Gasteiger partial charge in [0.15, 0.2) is 0 Å². The fourth-order valence-corrected chi connectivity index (χ4v) is 2.46. The van der Waals surface area contributed by atoms with Gasteiger partial charge in [-0.25, -0.2) is 0 Å². The molecule has 0 saturated heterocycles. The van der Waals surface area contributed by atoms with Crippen LogP contribution in [-0.2, 0) is 9.53 Å². The van der Waals surface area contributed by atoms with E-state index in [1.54, 1.807) is 0 Å². The number of carbonyl (C=O) groups is 1. The third kappa shape index (κ3) is 5.46. The lowest BCUT2D eigenvalue weighted by molar-refractivity contribution is -0.140. The van der Waals surface area contributed by atoms with Gasteiger partial charge in [0.05, 0.1) is 12.4 Å². The molecule has 1 aromatic rings. The predicted molar refractivity (Wildman–Crippen MR) is 75.1 cm³/mol. The average molecular weight is 318 g/mol. The summed E-state index contributed by atoms with van der Waals surface area (Å²) in [7, 11) is 0. The van der Waals surface area contributed by atoms with Gasteiger partial charge in [-0.3, -0.25) is 4.79 Å². The first kappa shape index (κ1) is 14.4. The molecule has 0 heterocycles. The summed E-state index contributed by atoms with van der Waals surface area (Å²) < 4.78 is 6.01. The highest BCUT2D eigenvalue weighted by Crippen LogP contribution is 2.28. The van der Waals surface area contributed by atoms with Gasteiger partial charge in [0.25, 0.3) is 0 Å². The Morgan fingerprint density at radius 1 is 1.53 bits per heavy atom. The van der Waals surface area contributed by atoms with E-state index in [1.165, 1.54) is 11.8 Å². The number of rotatable bonds is 6. The molecule has 2 N–H and O–H groups in total. The van der Waals surface area contributed by atoms with Crippen LogP contribution in [0.2, 0.25) is 0 Å². The third-order valence-corrected chi connectivity index (χ3v) is 3.62. The number of nitrogens with two attached hydrogens (primary N) is 1. The molecule has 0 aliphatic rings. The number of hydrogen-bond donors (Lipinski definition) is 1. The molecule has 0 unspecified atom stereocenters. The van der Waals surface area contributed by atoms with E-state index in [9.17, 15) is 4.79 Å². The minimum absolute atomic E-state index is 0.192. The first-order valence-corrected chi connectivity index (χ1v) is 7.24. The van der Waals surface area contributed by atoms with Crippen molar-refractivity contribution in [2.24, 2.45) is 0 Å². The van der Waals surface area contributed by atoms with E-state index in [4.69, 9.17) is 10.5 Å². The topological polar surface area (TPSA) is 52.3 Å². The Kier molecular flexibility index (Phi) is 6.44. The van der Waals surface area contributed by atoms with Crippen LogP contribution in [0.25, 0.3) is 0 Å². The molecule has 1 aromatic carbocycles. The summed E-state index contributed by atoms with van der Waals surface area (Å²) in [6.07, 6.45) is 1.94. The Labute approximate surface area is 114 Å². The molecule has 0 radical (unpaired) electrons. The van der Waals surface area contributed by atoms with Crippen molar-refractivity contribution >= 4 is 39.3 Å². The molecule has 0 bridgehead atoms. The molecule has 0 aromatic heterocycles. The lowest BCUT2D eigenvalue weighted by Gasteiger charge is -2.06. The summed E-state index contributed by atoms with van der Waals surface area (Å²) in [5.74, 6) is 0.104. The van der Waals surface area contributed by atoms with E-state index in [0.29, 0.717) is 18.0 Å². The fraction of sp³-hybridized carbons (Fsp3) is 0.417. The lowest BCUT2D eigenvalue weighted by atomic mass is 10.3. The normalized spacial score (nSPS) is 10.2. The van der Waals surface area contributed by atoms with Gasteiger partial charge in [-0.2, -0.15) is 0 Å². The molecular formula is C12H16BrNO2S. The SMILES string of the molecule is CCCCOC(=O)CSc1cc(Br)ccc1N. The molecule has 17 heavy (non-hydrogen) atoms. The molecule has 0 aliphatic carbocycles. The van der Waals surface area contributed by atoms with E-state index < -0.39 is 0 Å². The number of hydrogen-bond acceptors (Lipinski definition) is 4. The zero-order valence-electron chi connectivity index (χ0n) is 9.74. The maximum Gasteiger partial charge on any atom is 0.316 e. The van der Waals surface area contributed by atoms with E-state index >= 15 is 0 Å². The number of ether oxygens (including phenoxy) is 1. The number of halogens is 1. The fourth-order valence-electron chi connectivity index (χ4n) is 1.14. The molecule has 94 valence electrons. The number of nitrogen functional groups attached to an aromatic ring is 1. The van der Waals surface area contributed by atoms with Crippen molar-refractivity contribution < 1.29 is 9.53 Å². The van der Waals surface area contributed by atoms with Crippen molar-refractivity contribution in [2.45, 2.75) is 24.7 Å². The molecule has 1 rings (SSSR count). The number of unbranched alkanes of at least 4 members (excludes halogenated alkanes) is 1. The standard InChI is InChI=1S/C12H16BrNO2S/c1-2-3-6-16-12(15)8-17-11-7-9(13)4-5-10(11)14/h4-5,7H,2-3,6,8,14H2,1H3. The number of anilines is 1. The van der Waals surface area contributed by atoms with Gasteiger partial charge in [-0.05, 0) is 24.6 Å². The monoisotopic (exact) mass is 317 g/mol. The van der Waals surface area contributed by atoms with Crippen LogP contribution in [0.1, 0.15) is 19.8 Å². The number of benzene rings is 1. The summed E-state index contributed by atoms with van der Waals surface area (Å²) in [4.78, 5) is 12.3. The number of carbonyl (C=O) groups excluding carboxylic acids is 1. The highest BCUT2D eigenvalue weighted by Gasteiger charge is 2.06. The predicted octanol–water partition coefficient (Wildman–Crippen LogP) is 3.47. The van der Waals surface area contributed by atoms with E-state index in [0.717, 1.165) is 22.2 Å². The minimum atomic E-state index is -0.192. The van der Waals surface area contributed by atoms with Crippen molar-refractivity contribution in [3.63, 3.8) is 0 Å². The summed E-state index contributed by atoms with van der Waals surface area (Å²) in [6.45, 7) is 2.56. The maximum absolute atomic E-state index is 11.4. The average Bonchev–Trinajstić information content (AvgIpc) is 2.31. The van der Waals surface area contributed by atoms with Crippen molar-refractivity contribution in [1.29, 1.82) is 0 Å². The molecule has 0 saturated carbocycles. The van der Waals surface area contributed by atoms with Gasteiger partial charge < -0.3 is 10.5 Å². The molecule has 0 amide bonds. The Hall–Kier alpha value is -0.680. The van der Waals surface area contributed by atoms with Crippen LogP contribution in [0.3, 0.4) is 0 Å². The van der Waals surface area contributed by atoms with Crippen LogP contribution in [0, 0.1) is 0 Å². The maximum atomic E-state index is 11.4. The van der Waals surface area contributed by atoms with Gasteiger partial charge in [-0.15, -0.1) is 11.8 Å². The summed E-state index contributed by atoms with van der Waals surface area (Å²) in [5.41, 5.74) is 6.48. The Balaban J connectivity index is 2.39. The quantitative estimate of drug-likeness (QED) is 0.378. The minimum Gasteiger partial charge on any atom is -0.465 e. The smallest absolute Gasteiger partial charge is 0.316 e. The molecular weight excluding hydrogens is 302 g/mol. The summed E-state index contributed by atoms with van der Waals surface area (Å²) in [5, 5.41) is 0. The third-order valence-electron chi connectivity index (χ3n) is 2.08. The van der Waals surface area contributed by atoms with Crippen molar-refractivity contribution in [2.75, 3.05) is 18.1 Å². The van der Waals surface area contributed by atoms with E-state index in [2.05, 4.69) is 22.9 Å². The lowest BCUT2D eigenvalue weighted by Crippen LogP contribution is -2.08. The first-order valence-electron chi connectivity index (χ1n) is 5.47. The largest absolute Gasteiger partial charge is 0.465 e. The van der Waals surface area contributed by atoms with Crippen LogP contribution >= 0.6 is 27.7 Å². The van der Waals surface area contributed by atoms with Crippen molar-refractivity contribution in [1.82, 2.24) is 0 Å². The summed E-state index contributed by atoms with van der Waals surface area (Å²) in [6, 6.07) is 5.59. The molecule has 0 aliphatic heterocycles. The Bertz CT molecular complexity index is 385. The second-order valence-electron chi connectivity index (χ2n) is 3.54. The molecule has 3 nitrogen and oxygen atoms in total. The van der Waals surface area contributed by atoms with Crippen LogP contribution in [-0.4, -0.2) is 18.3 Å². The van der Waals surface area contributed by atoms with E-state index in [-0.39, 0.29) is 5.97 Å². The number of esters is 1. The van der Waals surface area contributed by atoms with Gasteiger partial charge >= 0.3 is 5.97 Å². The van der Waals surface area contributed by atoms with Crippen molar-refractivity contribution in [3.8, 4) is 0 Å². The summed E-state index contributed by atoms with van der Waals surface area (Å²) >= 11 is 4.77. The second kappa shape index (κ2) is 7.61. The van der Waals surface area contributed by atoms with Gasteiger partial charge in [0, 0.05) is 15.1 Å². The van der Waals surface area contributed by atoms with Gasteiger partial charge in [0.1, 0.15) is 0 Å². The first-order chi connectivity index (χ1) is 8.13. The molecule has 0 spiro atoms. The zero-order chi connectivity index (χ0) is 12.7. The molecule has 0 atom stereocenters.